The number of carbonyl (C=O) groups excluding carboxylic acids is 2. The third kappa shape index (κ3) is 5.04. The van der Waals surface area contributed by atoms with E-state index in [2.05, 4.69) is 26.1 Å². The minimum absolute atomic E-state index is 0.0341. The maximum absolute atomic E-state index is 12.7. The molecule has 11 heteroatoms. The van der Waals surface area contributed by atoms with Crippen LogP contribution in [0.4, 0.5) is 0 Å². The lowest BCUT2D eigenvalue weighted by molar-refractivity contribution is 0.0828. The number of methoxy groups -OCH3 is 1. The maximum atomic E-state index is 12.7. The van der Waals surface area contributed by atoms with Gasteiger partial charge < -0.3 is 13.9 Å². The zero-order valence-electron chi connectivity index (χ0n) is 18.5. The highest BCUT2D eigenvalue weighted by atomic mass is 16.5. The van der Waals surface area contributed by atoms with Gasteiger partial charge in [-0.05, 0) is 36.8 Å². The predicted octanol–water partition coefficient (Wildman–Crippen LogP) is 2.48. The van der Waals surface area contributed by atoms with Crippen molar-refractivity contribution in [3.63, 3.8) is 0 Å². The molecule has 0 bridgehead atoms. The van der Waals surface area contributed by atoms with E-state index >= 15 is 0 Å². The van der Waals surface area contributed by atoms with Gasteiger partial charge in [0.2, 0.25) is 5.88 Å². The fraction of sp³-hybridized carbons (Fsp3) is 0.174. The topological polar surface area (TPSA) is 133 Å². The lowest BCUT2D eigenvalue weighted by atomic mass is 10.2. The summed E-state index contributed by atoms with van der Waals surface area (Å²) in [4.78, 5) is 25.1. The Kier molecular flexibility index (Phi) is 6.82. The molecule has 4 aromatic rings. The first kappa shape index (κ1) is 22.5. The van der Waals surface area contributed by atoms with Crippen molar-refractivity contribution < 1.29 is 23.5 Å². The SMILES string of the molecule is CCc1c(C(=O)NNC(=O)c2ccc(COc3ccccc3)o2)cnn1-c1ccc(OC)nn1. The minimum atomic E-state index is -0.606. The first-order valence-electron chi connectivity index (χ1n) is 10.4. The van der Waals surface area contributed by atoms with Crippen LogP contribution in [-0.2, 0) is 13.0 Å². The summed E-state index contributed by atoms with van der Waals surface area (Å²) in [6.07, 6.45) is 1.89. The fourth-order valence-corrected chi connectivity index (χ4v) is 3.13. The van der Waals surface area contributed by atoms with E-state index in [9.17, 15) is 9.59 Å². The number of hydrogen-bond acceptors (Lipinski definition) is 8. The Morgan fingerprint density at radius 2 is 1.79 bits per heavy atom. The van der Waals surface area contributed by atoms with Gasteiger partial charge in [0.15, 0.2) is 11.6 Å². The molecule has 0 aliphatic carbocycles. The van der Waals surface area contributed by atoms with Crippen molar-refractivity contribution in [3.8, 4) is 17.4 Å². The van der Waals surface area contributed by atoms with E-state index < -0.39 is 11.8 Å². The molecular weight excluding hydrogens is 440 g/mol. The third-order valence-electron chi connectivity index (χ3n) is 4.80. The van der Waals surface area contributed by atoms with Gasteiger partial charge in [0.25, 0.3) is 5.91 Å². The molecule has 0 saturated carbocycles. The van der Waals surface area contributed by atoms with Gasteiger partial charge >= 0.3 is 5.91 Å². The molecule has 0 radical (unpaired) electrons. The number of benzene rings is 1. The van der Waals surface area contributed by atoms with Crippen LogP contribution in [0.2, 0.25) is 0 Å². The molecule has 2 N–H and O–H groups in total. The van der Waals surface area contributed by atoms with Crippen LogP contribution in [0.5, 0.6) is 11.6 Å². The van der Waals surface area contributed by atoms with Crippen molar-refractivity contribution in [2.45, 2.75) is 20.0 Å². The average molecular weight is 462 g/mol. The number of carbonyl (C=O) groups is 2. The van der Waals surface area contributed by atoms with Gasteiger partial charge in [-0.2, -0.15) is 5.10 Å². The van der Waals surface area contributed by atoms with Crippen LogP contribution in [0, 0.1) is 0 Å². The van der Waals surface area contributed by atoms with Gasteiger partial charge in [0.1, 0.15) is 18.1 Å². The average Bonchev–Trinajstić information content (AvgIpc) is 3.54. The van der Waals surface area contributed by atoms with Crippen LogP contribution in [0.1, 0.15) is 39.3 Å². The Bertz CT molecular complexity index is 1270. The van der Waals surface area contributed by atoms with Gasteiger partial charge in [-0.3, -0.25) is 20.4 Å². The summed E-state index contributed by atoms with van der Waals surface area (Å²) >= 11 is 0. The Morgan fingerprint density at radius 1 is 1.00 bits per heavy atom. The first-order chi connectivity index (χ1) is 16.6. The van der Waals surface area contributed by atoms with Gasteiger partial charge in [0, 0.05) is 6.07 Å². The van der Waals surface area contributed by atoms with E-state index in [1.54, 1.807) is 18.2 Å². The van der Waals surface area contributed by atoms with E-state index in [-0.39, 0.29) is 17.9 Å². The van der Waals surface area contributed by atoms with Gasteiger partial charge in [-0.15, -0.1) is 10.2 Å². The number of nitrogens with one attached hydrogen (secondary N) is 2. The second-order valence-electron chi connectivity index (χ2n) is 6.98. The van der Waals surface area contributed by atoms with E-state index in [1.165, 1.54) is 24.1 Å². The molecular formula is C23H22N6O5. The summed E-state index contributed by atoms with van der Waals surface area (Å²) in [5, 5.41) is 12.2. The molecule has 0 aliphatic heterocycles. The molecule has 0 atom stereocenters. The Balaban J connectivity index is 1.36. The number of ether oxygens (including phenoxy) is 2. The fourth-order valence-electron chi connectivity index (χ4n) is 3.13. The van der Waals surface area contributed by atoms with Crippen molar-refractivity contribution in [2.24, 2.45) is 0 Å². The molecule has 0 saturated heterocycles. The molecule has 1 aromatic carbocycles. The number of hydrazine groups is 1. The van der Waals surface area contributed by atoms with Crippen LogP contribution < -0.4 is 20.3 Å². The molecule has 0 unspecified atom stereocenters. The van der Waals surface area contributed by atoms with E-state index in [4.69, 9.17) is 13.9 Å². The summed E-state index contributed by atoms with van der Waals surface area (Å²) in [6.45, 7) is 2.04. The van der Waals surface area contributed by atoms with Crippen LogP contribution >= 0.6 is 0 Å². The highest BCUT2D eigenvalue weighted by molar-refractivity contribution is 5.98. The summed E-state index contributed by atoms with van der Waals surface area (Å²) in [5.74, 6) is 0.846. The number of rotatable bonds is 8. The quantitative estimate of drug-likeness (QED) is 0.382. The van der Waals surface area contributed by atoms with Crippen LogP contribution in [-0.4, -0.2) is 38.9 Å². The molecule has 174 valence electrons. The van der Waals surface area contributed by atoms with Crippen LogP contribution in [0.15, 0.2) is 65.2 Å². The lowest BCUT2D eigenvalue weighted by Gasteiger charge is -2.08. The Morgan fingerprint density at radius 3 is 2.50 bits per heavy atom. The van der Waals surface area contributed by atoms with Crippen LogP contribution in [0.25, 0.3) is 5.82 Å². The maximum Gasteiger partial charge on any atom is 0.305 e. The van der Waals surface area contributed by atoms with Crippen LogP contribution in [0.3, 0.4) is 0 Å². The molecule has 3 aromatic heterocycles. The van der Waals surface area contributed by atoms with Crippen molar-refractivity contribution in [1.29, 1.82) is 0 Å². The normalized spacial score (nSPS) is 10.5. The second-order valence-corrected chi connectivity index (χ2v) is 6.98. The lowest BCUT2D eigenvalue weighted by Crippen LogP contribution is -2.41. The van der Waals surface area contributed by atoms with E-state index in [1.807, 2.05) is 37.3 Å². The van der Waals surface area contributed by atoms with E-state index in [0.717, 1.165) is 0 Å². The van der Waals surface area contributed by atoms with Crippen molar-refractivity contribution in [1.82, 2.24) is 30.8 Å². The number of para-hydroxylation sites is 1. The monoisotopic (exact) mass is 462 g/mol. The van der Waals surface area contributed by atoms with Crippen molar-refractivity contribution >= 4 is 11.8 Å². The highest BCUT2D eigenvalue weighted by Crippen LogP contribution is 2.16. The molecule has 0 fully saturated rings. The summed E-state index contributed by atoms with van der Waals surface area (Å²) in [5.41, 5.74) is 5.62. The molecule has 3 heterocycles. The molecule has 2 amide bonds. The number of nitrogens with zero attached hydrogens (tertiary/aromatic N) is 4. The molecule has 4 rings (SSSR count). The number of amides is 2. The number of aromatic nitrogens is 4. The zero-order chi connectivity index (χ0) is 23.9. The summed E-state index contributed by atoms with van der Waals surface area (Å²) < 4.78 is 17.6. The van der Waals surface area contributed by atoms with E-state index in [0.29, 0.717) is 35.3 Å². The highest BCUT2D eigenvalue weighted by Gasteiger charge is 2.19. The molecule has 34 heavy (non-hydrogen) atoms. The van der Waals surface area contributed by atoms with Crippen molar-refractivity contribution in [2.75, 3.05) is 7.11 Å². The minimum Gasteiger partial charge on any atom is -0.486 e. The van der Waals surface area contributed by atoms with Gasteiger partial charge in [0.05, 0.1) is 24.6 Å². The van der Waals surface area contributed by atoms with Gasteiger partial charge in [-0.1, -0.05) is 25.1 Å². The summed E-state index contributed by atoms with van der Waals surface area (Å²) in [6, 6.07) is 15.7. The Labute approximate surface area is 194 Å². The second kappa shape index (κ2) is 10.3. The number of furan rings is 1. The molecule has 11 nitrogen and oxygen atoms in total. The standard InChI is InChI=1S/C23H22N6O5/c1-3-18-17(13-24-29(18)20-11-12-21(32-2)26-25-20)22(30)27-28-23(31)19-10-9-16(34-19)14-33-15-7-5-4-6-8-15/h4-13H,3,14H2,1-2H3,(H,27,30)(H,28,31). The Hall–Kier alpha value is -4.67. The molecule has 0 aliphatic rings. The van der Waals surface area contributed by atoms with Crippen molar-refractivity contribution in [3.05, 3.63) is 83.6 Å². The van der Waals surface area contributed by atoms with Gasteiger partial charge in [-0.25, -0.2) is 4.68 Å². The predicted molar refractivity (Wildman–Crippen MR) is 119 cm³/mol. The number of hydrogen-bond donors (Lipinski definition) is 2. The smallest absolute Gasteiger partial charge is 0.305 e. The summed E-state index contributed by atoms with van der Waals surface area (Å²) in [7, 11) is 1.49. The third-order valence-corrected chi connectivity index (χ3v) is 4.80. The largest absolute Gasteiger partial charge is 0.486 e. The zero-order valence-corrected chi connectivity index (χ0v) is 18.5. The first-order valence-corrected chi connectivity index (χ1v) is 10.4. The molecule has 0 spiro atoms.